The lowest BCUT2D eigenvalue weighted by Crippen LogP contribution is -2.08. The molecule has 0 saturated carbocycles. The molecular formula is C15H10ClF3N4O. The summed E-state index contributed by atoms with van der Waals surface area (Å²) in [5, 5.41) is 0.185. The number of fused-ring (bicyclic) bond motifs is 1. The Morgan fingerprint density at radius 3 is 2.58 bits per heavy atom. The molecule has 124 valence electrons. The van der Waals surface area contributed by atoms with Gasteiger partial charge in [0.05, 0.1) is 12.2 Å². The minimum Gasteiger partial charge on any atom is -0.477 e. The van der Waals surface area contributed by atoms with E-state index < -0.39 is 11.7 Å². The highest BCUT2D eigenvalue weighted by atomic mass is 35.5. The maximum atomic E-state index is 13.2. The Hall–Kier alpha value is -2.48. The van der Waals surface area contributed by atoms with E-state index in [-0.39, 0.29) is 33.5 Å². The lowest BCUT2D eigenvalue weighted by molar-refractivity contribution is -0.137. The van der Waals surface area contributed by atoms with Gasteiger partial charge in [-0.15, -0.1) is 0 Å². The normalized spacial score (nSPS) is 11.7. The van der Waals surface area contributed by atoms with E-state index >= 15 is 0 Å². The number of alkyl halides is 3. The first-order valence-electron chi connectivity index (χ1n) is 6.89. The van der Waals surface area contributed by atoms with Crippen molar-refractivity contribution in [1.29, 1.82) is 0 Å². The molecular weight excluding hydrogens is 345 g/mol. The van der Waals surface area contributed by atoms with Gasteiger partial charge < -0.3 is 4.74 Å². The van der Waals surface area contributed by atoms with Crippen LogP contribution < -0.4 is 4.74 Å². The number of benzene rings is 1. The van der Waals surface area contributed by atoms with Crippen molar-refractivity contribution in [3.63, 3.8) is 0 Å². The summed E-state index contributed by atoms with van der Waals surface area (Å²) in [4.78, 5) is 16.0. The zero-order chi connectivity index (χ0) is 17.3. The van der Waals surface area contributed by atoms with Crippen LogP contribution in [0, 0.1) is 0 Å². The molecule has 0 spiro atoms. The molecule has 1 aromatic carbocycles. The summed E-state index contributed by atoms with van der Waals surface area (Å²) in [5.74, 6) is 0.0183. The van der Waals surface area contributed by atoms with Crippen LogP contribution in [0.2, 0.25) is 5.15 Å². The second-order valence-corrected chi connectivity index (χ2v) is 5.05. The molecule has 0 N–H and O–H groups in total. The summed E-state index contributed by atoms with van der Waals surface area (Å²) in [6.45, 7) is 2.09. The standard InChI is InChI=1S/C15H10ClF3N4O/c1-2-24-14-10-11(16)22-12(23-13(10)20-7-21-14)8-5-3-4-6-9(8)15(17,18)19/h3-7H,2H2,1H3. The SMILES string of the molecule is CCOc1ncnc2nc(-c3ccccc3C(F)(F)F)nc(Cl)c12. The number of hydrogen-bond donors (Lipinski definition) is 0. The largest absolute Gasteiger partial charge is 0.477 e. The van der Waals surface area contributed by atoms with E-state index in [0.29, 0.717) is 6.61 Å². The molecule has 3 rings (SSSR count). The van der Waals surface area contributed by atoms with E-state index in [2.05, 4.69) is 19.9 Å². The van der Waals surface area contributed by atoms with Crippen molar-refractivity contribution in [2.75, 3.05) is 6.61 Å². The van der Waals surface area contributed by atoms with Crippen molar-refractivity contribution in [2.45, 2.75) is 13.1 Å². The molecule has 0 aliphatic rings. The van der Waals surface area contributed by atoms with Gasteiger partial charge in [-0.3, -0.25) is 0 Å². The minimum atomic E-state index is -4.54. The second-order valence-electron chi connectivity index (χ2n) is 4.69. The molecule has 0 atom stereocenters. The molecule has 0 saturated heterocycles. The number of aromatic nitrogens is 4. The molecule has 3 aromatic rings. The fourth-order valence-corrected chi connectivity index (χ4v) is 2.44. The van der Waals surface area contributed by atoms with Crippen LogP contribution in [0.3, 0.4) is 0 Å². The molecule has 0 unspecified atom stereocenters. The zero-order valence-corrected chi connectivity index (χ0v) is 13.1. The average Bonchev–Trinajstić information content (AvgIpc) is 2.54. The van der Waals surface area contributed by atoms with Crippen molar-refractivity contribution in [3.8, 4) is 17.3 Å². The Morgan fingerprint density at radius 1 is 1.12 bits per heavy atom. The number of hydrogen-bond acceptors (Lipinski definition) is 5. The maximum Gasteiger partial charge on any atom is 0.417 e. The fraction of sp³-hybridized carbons (Fsp3) is 0.200. The molecule has 9 heteroatoms. The topological polar surface area (TPSA) is 60.8 Å². The van der Waals surface area contributed by atoms with Crippen molar-refractivity contribution < 1.29 is 17.9 Å². The van der Waals surface area contributed by atoms with Gasteiger partial charge >= 0.3 is 6.18 Å². The number of ether oxygens (including phenoxy) is 1. The predicted molar refractivity (Wildman–Crippen MR) is 81.7 cm³/mol. The highest BCUT2D eigenvalue weighted by Gasteiger charge is 2.34. The van der Waals surface area contributed by atoms with Crippen LogP contribution in [0.5, 0.6) is 5.88 Å². The summed E-state index contributed by atoms with van der Waals surface area (Å²) >= 11 is 6.13. The molecule has 5 nitrogen and oxygen atoms in total. The Balaban J connectivity index is 2.24. The number of nitrogens with zero attached hydrogens (tertiary/aromatic N) is 4. The van der Waals surface area contributed by atoms with Crippen LogP contribution in [-0.2, 0) is 6.18 Å². The van der Waals surface area contributed by atoms with Crippen molar-refractivity contribution >= 4 is 22.6 Å². The van der Waals surface area contributed by atoms with Crippen LogP contribution in [0.1, 0.15) is 12.5 Å². The summed E-state index contributed by atoms with van der Waals surface area (Å²) in [5.41, 5.74) is -0.912. The van der Waals surface area contributed by atoms with Gasteiger partial charge in [-0.25, -0.2) is 19.9 Å². The van der Waals surface area contributed by atoms with E-state index in [0.717, 1.165) is 6.07 Å². The van der Waals surface area contributed by atoms with E-state index in [1.807, 2.05) is 0 Å². The Morgan fingerprint density at radius 2 is 1.88 bits per heavy atom. The molecule has 0 aliphatic carbocycles. The van der Waals surface area contributed by atoms with Gasteiger partial charge in [0.15, 0.2) is 11.5 Å². The van der Waals surface area contributed by atoms with Crippen LogP contribution in [0.15, 0.2) is 30.6 Å². The minimum absolute atomic E-state index is 0.0731. The van der Waals surface area contributed by atoms with E-state index in [1.54, 1.807) is 6.92 Å². The first-order chi connectivity index (χ1) is 11.4. The lowest BCUT2D eigenvalue weighted by Gasteiger charge is -2.12. The van der Waals surface area contributed by atoms with Crippen molar-refractivity contribution in [2.24, 2.45) is 0 Å². The zero-order valence-electron chi connectivity index (χ0n) is 12.3. The fourth-order valence-electron chi connectivity index (χ4n) is 2.19. The van der Waals surface area contributed by atoms with Gasteiger partial charge in [0.25, 0.3) is 0 Å². The van der Waals surface area contributed by atoms with Crippen molar-refractivity contribution in [1.82, 2.24) is 19.9 Å². The average molecular weight is 355 g/mol. The van der Waals surface area contributed by atoms with E-state index in [1.165, 1.54) is 24.5 Å². The maximum absolute atomic E-state index is 13.2. The van der Waals surface area contributed by atoms with E-state index in [4.69, 9.17) is 16.3 Å². The molecule has 0 fully saturated rings. The second kappa shape index (κ2) is 6.20. The van der Waals surface area contributed by atoms with Crippen LogP contribution >= 0.6 is 11.6 Å². The van der Waals surface area contributed by atoms with Crippen molar-refractivity contribution in [3.05, 3.63) is 41.3 Å². The molecule has 24 heavy (non-hydrogen) atoms. The molecule has 2 aromatic heterocycles. The number of rotatable bonds is 3. The van der Waals surface area contributed by atoms with Crippen LogP contribution in [0.4, 0.5) is 13.2 Å². The Bertz CT molecular complexity index is 902. The first kappa shape index (κ1) is 16.4. The smallest absolute Gasteiger partial charge is 0.417 e. The summed E-state index contributed by atoms with van der Waals surface area (Å²) < 4.78 is 44.9. The molecule has 0 aliphatic heterocycles. The quantitative estimate of drug-likeness (QED) is 0.661. The third kappa shape index (κ3) is 2.96. The Kier molecular flexibility index (Phi) is 4.23. The molecule has 0 radical (unpaired) electrons. The monoisotopic (exact) mass is 354 g/mol. The lowest BCUT2D eigenvalue weighted by atomic mass is 10.1. The number of halogens is 4. The van der Waals surface area contributed by atoms with Crippen LogP contribution in [0.25, 0.3) is 22.4 Å². The summed E-state index contributed by atoms with van der Waals surface area (Å²) in [6.07, 6.45) is -3.33. The van der Waals surface area contributed by atoms with E-state index in [9.17, 15) is 13.2 Å². The first-order valence-corrected chi connectivity index (χ1v) is 7.27. The third-order valence-electron chi connectivity index (χ3n) is 3.17. The highest BCUT2D eigenvalue weighted by molar-refractivity contribution is 6.34. The van der Waals surface area contributed by atoms with Gasteiger partial charge in [0.2, 0.25) is 5.88 Å². The summed E-state index contributed by atoms with van der Waals surface area (Å²) in [6, 6.07) is 5.01. The van der Waals surface area contributed by atoms with Gasteiger partial charge in [-0.2, -0.15) is 13.2 Å². The Labute approximate surface area is 139 Å². The highest BCUT2D eigenvalue weighted by Crippen LogP contribution is 2.37. The van der Waals surface area contributed by atoms with Crippen LogP contribution in [-0.4, -0.2) is 26.5 Å². The molecule has 2 heterocycles. The van der Waals surface area contributed by atoms with Gasteiger partial charge in [0, 0.05) is 5.56 Å². The third-order valence-corrected chi connectivity index (χ3v) is 3.44. The summed E-state index contributed by atoms with van der Waals surface area (Å²) in [7, 11) is 0. The molecule has 0 amide bonds. The van der Waals surface area contributed by atoms with Gasteiger partial charge in [-0.05, 0) is 13.0 Å². The molecule has 0 bridgehead atoms. The predicted octanol–water partition coefficient (Wildman–Crippen LogP) is 4.16. The van der Waals surface area contributed by atoms with Gasteiger partial charge in [-0.1, -0.05) is 29.8 Å². The van der Waals surface area contributed by atoms with Gasteiger partial charge in [0.1, 0.15) is 16.9 Å².